The fourth-order valence-corrected chi connectivity index (χ4v) is 0.591. The van der Waals surface area contributed by atoms with Gasteiger partial charge in [0.15, 0.2) is 0 Å². The third kappa shape index (κ3) is 9.67. The highest BCUT2D eigenvalue weighted by Gasteiger charge is 2.28. The Morgan fingerprint density at radius 2 is 1.92 bits per heavy atom. The Morgan fingerprint density at radius 1 is 1.25 bits per heavy atom. The van der Waals surface area contributed by atoms with Gasteiger partial charge >= 0.3 is 6.36 Å². The van der Waals surface area contributed by atoms with Crippen LogP contribution in [-0.2, 0) is 4.74 Å². The zero-order valence-electron chi connectivity index (χ0n) is 6.66. The van der Waals surface area contributed by atoms with Crippen molar-refractivity contribution in [2.75, 3.05) is 26.2 Å². The third-order valence-electron chi connectivity index (χ3n) is 1.10. The van der Waals surface area contributed by atoms with Crippen molar-refractivity contribution in [2.24, 2.45) is 5.73 Å². The van der Waals surface area contributed by atoms with Gasteiger partial charge in [-0.3, -0.25) is 4.74 Å². The minimum atomic E-state index is -4.52. The minimum absolute atomic E-state index is 0.194. The summed E-state index contributed by atoms with van der Waals surface area (Å²) in [5.41, 5.74) is 5.16. The maximum Gasteiger partial charge on any atom is 0.522 e. The number of nitrogens with two attached hydrogens (primary N) is 1. The van der Waals surface area contributed by atoms with Gasteiger partial charge in [-0.1, -0.05) is 0 Å². The molecule has 0 rings (SSSR count). The van der Waals surface area contributed by atoms with E-state index in [0.717, 1.165) is 6.42 Å². The van der Waals surface area contributed by atoms with Gasteiger partial charge < -0.3 is 11.1 Å². The Bertz CT molecular complexity index is 107. The van der Waals surface area contributed by atoms with Crippen molar-refractivity contribution in [1.82, 2.24) is 5.32 Å². The van der Waals surface area contributed by atoms with E-state index >= 15 is 0 Å². The average molecular weight is 186 g/mol. The molecule has 0 saturated heterocycles. The maximum atomic E-state index is 11.4. The molecule has 3 nitrogen and oxygen atoms in total. The molecular weight excluding hydrogens is 173 g/mol. The average Bonchev–Trinajstić information content (AvgIpc) is 1.94. The van der Waals surface area contributed by atoms with Crippen LogP contribution in [0.1, 0.15) is 6.42 Å². The molecule has 0 radical (unpaired) electrons. The van der Waals surface area contributed by atoms with E-state index in [9.17, 15) is 13.2 Å². The van der Waals surface area contributed by atoms with E-state index in [1.54, 1.807) is 0 Å². The molecule has 0 aliphatic carbocycles. The van der Waals surface area contributed by atoms with E-state index in [0.29, 0.717) is 13.1 Å². The number of alkyl halides is 3. The number of nitrogens with one attached hydrogen (secondary N) is 1. The van der Waals surface area contributed by atoms with Crippen LogP contribution in [0.25, 0.3) is 0 Å². The van der Waals surface area contributed by atoms with E-state index < -0.39 is 6.36 Å². The molecule has 6 heteroatoms. The van der Waals surface area contributed by atoms with Crippen LogP contribution in [0.15, 0.2) is 0 Å². The van der Waals surface area contributed by atoms with Crippen LogP contribution < -0.4 is 11.1 Å². The summed E-state index contributed by atoms with van der Waals surface area (Å²) in [5, 5.41) is 2.75. The Labute approximate surface area is 69.1 Å². The normalized spacial score (nSPS) is 12.0. The molecule has 74 valence electrons. The maximum absolute atomic E-state index is 11.4. The molecule has 0 aliphatic heterocycles. The van der Waals surface area contributed by atoms with Crippen molar-refractivity contribution in [1.29, 1.82) is 0 Å². The Balaban J connectivity index is 3.01. The summed E-state index contributed by atoms with van der Waals surface area (Å²) in [6.07, 6.45) is -3.76. The van der Waals surface area contributed by atoms with Crippen LogP contribution in [0.2, 0.25) is 0 Å². The highest BCUT2D eigenvalue weighted by Crippen LogP contribution is 2.14. The highest BCUT2D eigenvalue weighted by atomic mass is 19.4. The quantitative estimate of drug-likeness (QED) is 0.592. The standard InChI is InChI=1S/C6H13F3N2O/c7-6(8,9)12-5-4-11-3-1-2-10/h11H,1-5,10H2. The molecular formula is C6H13F3N2O. The summed E-state index contributed by atoms with van der Waals surface area (Å²) in [6.45, 7) is 0.998. The molecule has 0 spiro atoms. The van der Waals surface area contributed by atoms with Crippen LogP contribution in [0.4, 0.5) is 13.2 Å². The molecule has 0 aromatic carbocycles. The summed E-state index contributed by atoms with van der Waals surface area (Å²) in [5.74, 6) is 0. The van der Waals surface area contributed by atoms with Crippen molar-refractivity contribution in [2.45, 2.75) is 12.8 Å². The molecule has 3 N–H and O–H groups in total. The molecule has 0 amide bonds. The van der Waals surface area contributed by atoms with E-state index in [1.807, 2.05) is 0 Å². The van der Waals surface area contributed by atoms with E-state index in [2.05, 4.69) is 10.1 Å². The molecule has 0 atom stereocenters. The lowest BCUT2D eigenvalue weighted by Gasteiger charge is -2.07. The smallest absolute Gasteiger partial charge is 0.330 e. The fraction of sp³-hybridized carbons (Fsp3) is 1.00. The predicted octanol–water partition coefficient (Wildman–Crippen LogP) is 0.461. The second-order valence-electron chi connectivity index (χ2n) is 2.19. The first kappa shape index (κ1) is 11.7. The fourth-order valence-electron chi connectivity index (χ4n) is 0.591. The molecule has 0 heterocycles. The second kappa shape index (κ2) is 6.22. The number of hydrogen-bond acceptors (Lipinski definition) is 3. The largest absolute Gasteiger partial charge is 0.522 e. The zero-order chi connectivity index (χ0) is 9.45. The van der Waals surface area contributed by atoms with E-state index in [1.165, 1.54) is 0 Å². The van der Waals surface area contributed by atoms with Crippen molar-refractivity contribution in [3.63, 3.8) is 0 Å². The van der Waals surface area contributed by atoms with Crippen LogP contribution in [0.3, 0.4) is 0 Å². The molecule has 0 aliphatic rings. The van der Waals surface area contributed by atoms with Crippen LogP contribution in [0, 0.1) is 0 Å². The number of hydrogen-bond donors (Lipinski definition) is 2. The monoisotopic (exact) mass is 186 g/mol. The molecule has 0 bridgehead atoms. The first-order valence-corrected chi connectivity index (χ1v) is 3.68. The summed E-state index contributed by atoms with van der Waals surface area (Å²) in [7, 11) is 0. The Hall–Kier alpha value is -0.330. The van der Waals surface area contributed by atoms with Crippen molar-refractivity contribution < 1.29 is 17.9 Å². The van der Waals surface area contributed by atoms with Crippen LogP contribution in [-0.4, -0.2) is 32.6 Å². The summed E-state index contributed by atoms with van der Waals surface area (Å²) in [4.78, 5) is 0. The first-order valence-electron chi connectivity index (χ1n) is 3.68. The second-order valence-corrected chi connectivity index (χ2v) is 2.19. The van der Waals surface area contributed by atoms with Gasteiger partial charge in [0.05, 0.1) is 6.61 Å². The Kier molecular flexibility index (Phi) is 6.04. The van der Waals surface area contributed by atoms with Crippen LogP contribution in [0.5, 0.6) is 0 Å². The lowest BCUT2D eigenvalue weighted by Crippen LogP contribution is -2.25. The van der Waals surface area contributed by atoms with Gasteiger partial charge in [0.25, 0.3) is 0 Å². The lowest BCUT2D eigenvalue weighted by molar-refractivity contribution is -0.323. The van der Waals surface area contributed by atoms with Gasteiger partial charge in [0.1, 0.15) is 0 Å². The van der Waals surface area contributed by atoms with Crippen molar-refractivity contribution >= 4 is 0 Å². The van der Waals surface area contributed by atoms with Gasteiger partial charge in [-0.2, -0.15) is 0 Å². The Morgan fingerprint density at radius 3 is 2.42 bits per heavy atom. The topological polar surface area (TPSA) is 47.3 Å². The molecule has 12 heavy (non-hydrogen) atoms. The number of rotatable bonds is 6. The predicted molar refractivity (Wildman–Crippen MR) is 38.5 cm³/mol. The molecule has 0 aromatic rings. The molecule has 0 saturated carbocycles. The number of ether oxygens (including phenoxy) is 1. The number of halogens is 3. The molecule has 0 fully saturated rings. The summed E-state index contributed by atoms with van der Waals surface area (Å²) >= 11 is 0. The first-order chi connectivity index (χ1) is 5.56. The van der Waals surface area contributed by atoms with Crippen LogP contribution >= 0.6 is 0 Å². The van der Waals surface area contributed by atoms with Gasteiger partial charge in [-0.25, -0.2) is 0 Å². The lowest BCUT2D eigenvalue weighted by atomic mass is 10.4. The zero-order valence-corrected chi connectivity index (χ0v) is 6.66. The third-order valence-corrected chi connectivity index (χ3v) is 1.10. The van der Waals surface area contributed by atoms with Crippen molar-refractivity contribution in [3.05, 3.63) is 0 Å². The van der Waals surface area contributed by atoms with Crippen molar-refractivity contribution in [3.8, 4) is 0 Å². The van der Waals surface area contributed by atoms with E-state index in [4.69, 9.17) is 5.73 Å². The SMILES string of the molecule is NCCCNCCOC(F)(F)F. The molecule has 0 aromatic heterocycles. The summed E-state index contributed by atoms with van der Waals surface area (Å²) in [6, 6.07) is 0. The van der Waals surface area contributed by atoms with Gasteiger partial charge in [-0.15, -0.1) is 13.2 Å². The van der Waals surface area contributed by atoms with Gasteiger partial charge in [0, 0.05) is 6.54 Å². The van der Waals surface area contributed by atoms with E-state index in [-0.39, 0.29) is 13.2 Å². The molecule has 0 unspecified atom stereocenters. The minimum Gasteiger partial charge on any atom is -0.330 e. The highest BCUT2D eigenvalue weighted by molar-refractivity contribution is 4.47. The van der Waals surface area contributed by atoms with Gasteiger partial charge in [0.2, 0.25) is 0 Å². The summed E-state index contributed by atoms with van der Waals surface area (Å²) < 4.78 is 37.6. The van der Waals surface area contributed by atoms with Gasteiger partial charge in [-0.05, 0) is 19.5 Å².